The lowest BCUT2D eigenvalue weighted by Gasteiger charge is -2.25. The van der Waals surface area contributed by atoms with Crippen molar-refractivity contribution in [3.8, 4) is 30.3 Å². The highest BCUT2D eigenvalue weighted by atomic mass is 14.9. The summed E-state index contributed by atoms with van der Waals surface area (Å²) in [4.78, 5) is 3.25. The van der Waals surface area contributed by atoms with Crippen molar-refractivity contribution in [1.82, 2.24) is 5.32 Å². The summed E-state index contributed by atoms with van der Waals surface area (Å²) in [5, 5.41) is 50.1. The van der Waals surface area contributed by atoms with E-state index in [-0.39, 0.29) is 23.4 Å². The molecule has 0 heterocycles. The monoisotopic (exact) mass is 479 g/mol. The molecular formula is C27H29N9. The van der Waals surface area contributed by atoms with Gasteiger partial charge in [-0.1, -0.05) is 24.8 Å². The Bertz CT molecular complexity index is 1110. The first kappa shape index (κ1) is 27.9. The molecule has 182 valence electrons. The molecule has 2 aliphatic rings. The predicted octanol–water partition coefficient (Wildman–Crippen LogP) is 3.80. The van der Waals surface area contributed by atoms with Gasteiger partial charge >= 0.3 is 0 Å². The molecule has 0 saturated carbocycles. The summed E-state index contributed by atoms with van der Waals surface area (Å²) in [7, 11) is 0. The van der Waals surface area contributed by atoms with Crippen molar-refractivity contribution < 1.29 is 0 Å². The molecule has 0 bridgehead atoms. The van der Waals surface area contributed by atoms with Crippen LogP contribution in [0.5, 0.6) is 0 Å². The Hall–Kier alpha value is -4.38. The first-order chi connectivity index (χ1) is 17.4. The number of unbranched alkanes of at least 4 members (excludes halogenated alkanes) is 4. The van der Waals surface area contributed by atoms with E-state index >= 15 is 0 Å². The van der Waals surface area contributed by atoms with Crippen LogP contribution in [0.25, 0.3) is 4.85 Å². The number of nitrogens with zero attached hydrogens (tertiary/aromatic N) is 6. The summed E-state index contributed by atoms with van der Waals surface area (Å²) in [6, 6.07) is 9.53. The maximum Gasteiger partial charge on any atom is 0.266 e. The molecule has 0 aromatic heterocycles. The molecule has 0 saturated heterocycles. The van der Waals surface area contributed by atoms with Crippen molar-refractivity contribution in [2.75, 3.05) is 6.54 Å². The second-order valence-electron chi connectivity index (χ2n) is 8.96. The highest BCUT2D eigenvalue weighted by Gasteiger charge is 2.26. The van der Waals surface area contributed by atoms with Gasteiger partial charge in [0.15, 0.2) is 0 Å². The van der Waals surface area contributed by atoms with Crippen LogP contribution in [0, 0.1) is 63.2 Å². The summed E-state index contributed by atoms with van der Waals surface area (Å²) in [5.41, 5.74) is 15.5. The van der Waals surface area contributed by atoms with Gasteiger partial charge in [-0.25, -0.2) is 10.1 Å². The summed E-state index contributed by atoms with van der Waals surface area (Å²) >= 11 is 0. The maximum absolute atomic E-state index is 9.62. The van der Waals surface area contributed by atoms with Crippen LogP contribution in [0.2, 0.25) is 0 Å². The Labute approximate surface area is 212 Å². The van der Waals surface area contributed by atoms with Crippen molar-refractivity contribution in [3.63, 3.8) is 0 Å². The fourth-order valence-corrected chi connectivity index (χ4v) is 4.72. The quantitative estimate of drug-likeness (QED) is 0.253. The van der Waals surface area contributed by atoms with Crippen LogP contribution >= 0.6 is 0 Å². The fraction of sp³-hybridized carbons (Fsp3) is 0.481. The van der Waals surface area contributed by atoms with E-state index in [1.54, 1.807) is 0 Å². The molecule has 9 heteroatoms. The maximum atomic E-state index is 9.62. The van der Waals surface area contributed by atoms with Gasteiger partial charge in [0.05, 0.1) is 35.9 Å². The molecular weight excluding hydrogens is 450 g/mol. The lowest BCUT2D eigenvalue weighted by molar-refractivity contribution is 0.555. The molecule has 2 atom stereocenters. The topological polar surface area (TPSA) is 187 Å². The molecule has 0 amide bonds. The van der Waals surface area contributed by atoms with Crippen LogP contribution < -0.4 is 16.8 Å². The molecule has 0 fully saturated rings. The zero-order valence-corrected chi connectivity index (χ0v) is 20.3. The number of hydrogen-bond acceptors (Lipinski definition) is 8. The average Bonchev–Trinajstić information content (AvgIpc) is 2.87. The van der Waals surface area contributed by atoms with E-state index < -0.39 is 0 Å². The fourth-order valence-electron chi connectivity index (χ4n) is 4.72. The molecule has 0 aliphatic heterocycles. The van der Waals surface area contributed by atoms with E-state index in [1.165, 1.54) is 0 Å². The molecule has 2 aliphatic carbocycles. The van der Waals surface area contributed by atoms with Crippen LogP contribution in [0.4, 0.5) is 0 Å². The van der Waals surface area contributed by atoms with Gasteiger partial charge in [0.25, 0.3) is 5.70 Å². The molecule has 2 rings (SSSR count). The lowest BCUT2D eigenvalue weighted by Crippen LogP contribution is -2.31. The van der Waals surface area contributed by atoms with Crippen molar-refractivity contribution in [3.05, 3.63) is 56.2 Å². The Kier molecular flexibility index (Phi) is 10.9. The Morgan fingerprint density at radius 2 is 1.42 bits per heavy atom. The second-order valence-corrected chi connectivity index (χ2v) is 8.96. The normalized spacial score (nSPS) is 20.7. The van der Waals surface area contributed by atoms with Gasteiger partial charge in [-0.05, 0) is 49.7 Å². The van der Waals surface area contributed by atoms with Crippen LogP contribution in [0.3, 0.4) is 0 Å². The number of rotatable bonds is 9. The van der Waals surface area contributed by atoms with Gasteiger partial charge in [0.1, 0.15) is 17.7 Å². The molecule has 0 aromatic carbocycles. The van der Waals surface area contributed by atoms with E-state index in [1.807, 2.05) is 18.2 Å². The van der Waals surface area contributed by atoms with Crippen molar-refractivity contribution in [1.29, 1.82) is 26.3 Å². The summed E-state index contributed by atoms with van der Waals surface area (Å²) < 4.78 is 0. The third kappa shape index (κ3) is 7.06. The van der Waals surface area contributed by atoms with Gasteiger partial charge in [0.2, 0.25) is 0 Å². The minimum atomic E-state index is -0.238. The van der Waals surface area contributed by atoms with Gasteiger partial charge in [-0.15, -0.1) is 0 Å². The van der Waals surface area contributed by atoms with E-state index in [9.17, 15) is 26.3 Å². The molecule has 36 heavy (non-hydrogen) atoms. The summed E-state index contributed by atoms with van der Waals surface area (Å²) in [6.45, 7) is 7.85. The van der Waals surface area contributed by atoms with E-state index in [4.69, 9.17) is 18.0 Å². The molecule has 0 spiro atoms. The number of hydrogen-bond donors (Lipinski definition) is 3. The Balaban J connectivity index is 1.87. The van der Waals surface area contributed by atoms with Crippen molar-refractivity contribution >= 4 is 0 Å². The standard InChI is InChI=1S/C27H29N9/c1-35-27(17-32)23-11-21(34)12-26(25(23)16-31)36-8-6-4-2-3-5-7-18-9-20(33)10-22(24(18)15-30)19(13-28)14-29/h20-21,36H,2-12,33-34H2/b27-23+. The lowest BCUT2D eigenvalue weighted by atomic mass is 9.81. The number of nitriles is 5. The Morgan fingerprint density at radius 1 is 0.806 bits per heavy atom. The predicted molar refractivity (Wildman–Crippen MR) is 133 cm³/mol. The average molecular weight is 480 g/mol. The number of nitrogens with one attached hydrogen (secondary N) is 1. The summed E-state index contributed by atoms with van der Waals surface area (Å²) in [5.74, 6) is 0. The third-order valence-corrected chi connectivity index (χ3v) is 6.41. The third-order valence-electron chi connectivity index (χ3n) is 6.41. The van der Waals surface area contributed by atoms with Gasteiger partial charge in [-0.3, -0.25) is 0 Å². The molecule has 9 nitrogen and oxygen atoms in total. The molecule has 5 N–H and O–H groups in total. The first-order valence-electron chi connectivity index (χ1n) is 12.0. The summed E-state index contributed by atoms with van der Waals surface area (Å²) in [6.07, 6.45) is 7.29. The minimum absolute atomic E-state index is 0.0270. The second kappa shape index (κ2) is 14.1. The zero-order valence-electron chi connectivity index (χ0n) is 20.3. The van der Waals surface area contributed by atoms with Gasteiger partial charge < -0.3 is 16.8 Å². The highest BCUT2D eigenvalue weighted by molar-refractivity contribution is 5.57. The molecule has 0 radical (unpaired) electrons. The van der Waals surface area contributed by atoms with Crippen molar-refractivity contribution in [2.45, 2.75) is 76.3 Å². The van der Waals surface area contributed by atoms with Crippen LogP contribution in [-0.4, -0.2) is 18.6 Å². The van der Waals surface area contributed by atoms with Crippen LogP contribution in [0.1, 0.15) is 64.2 Å². The smallest absolute Gasteiger partial charge is 0.266 e. The molecule has 2 unspecified atom stereocenters. The van der Waals surface area contributed by atoms with E-state index in [0.29, 0.717) is 60.2 Å². The first-order valence-corrected chi connectivity index (χ1v) is 12.0. The van der Waals surface area contributed by atoms with Crippen molar-refractivity contribution in [2.24, 2.45) is 11.5 Å². The Morgan fingerprint density at radius 3 is 2.03 bits per heavy atom. The van der Waals surface area contributed by atoms with Crippen LogP contribution in [0.15, 0.2) is 44.8 Å². The van der Waals surface area contributed by atoms with Gasteiger partial charge in [-0.2, -0.15) is 21.0 Å². The minimum Gasteiger partial charge on any atom is -0.387 e. The number of allylic oxidation sites excluding steroid dienone is 4. The molecule has 0 aromatic rings. The largest absolute Gasteiger partial charge is 0.387 e. The zero-order chi connectivity index (χ0) is 26.5. The SMILES string of the molecule is [C-]#[N+]/C(C#N)=C1\CC(N)CC(NCCCCCCCC2=C(C#N)C(=C(C#N)C#N)CC(N)C2)=C1C#N. The highest BCUT2D eigenvalue weighted by Crippen LogP contribution is 2.34. The van der Waals surface area contributed by atoms with Crippen LogP contribution in [-0.2, 0) is 0 Å². The van der Waals surface area contributed by atoms with Gasteiger partial charge in [0, 0.05) is 30.7 Å². The van der Waals surface area contributed by atoms with E-state index in [2.05, 4.69) is 22.3 Å². The van der Waals surface area contributed by atoms with E-state index in [0.717, 1.165) is 44.1 Å². The number of nitrogens with two attached hydrogens (primary N) is 2.